The van der Waals surface area contributed by atoms with Crippen molar-refractivity contribution < 1.29 is 38.1 Å². The molecule has 3 aliphatic carbocycles. The smallest absolute Gasteiger partial charge is 0.357 e. The maximum absolute atomic E-state index is 14.2. The Labute approximate surface area is 344 Å². The summed E-state index contributed by atoms with van der Waals surface area (Å²) >= 11 is 0. The van der Waals surface area contributed by atoms with Crippen molar-refractivity contribution in [1.82, 2.24) is 9.97 Å². The lowest BCUT2D eigenvalue weighted by Crippen LogP contribution is -2.62. The van der Waals surface area contributed by atoms with Crippen LogP contribution in [0.5, 0.6) is 0 Å². The average molecular weight is 797 g/mol. The summed E-state index contributed by atoms with van der Waals surface area (Å²) in [6, 6.07) is 22.2. The minimum absolute atomic E-state index is 0.0521. The molecule has 0 amide bonds. The monoisotopic (exact) mass is 796 g/mol. The number of carbonyl (C=O) groups is 4. The van der Waals surface area contributed by atoms with Crippen LogP contribution < -0.4 is 0 Å². The Hall–Kier alpha value is -5.22. The Kier molecular flexibility index (Phi) is 10.3. The maximum atomic E-state index is 14.2. The summed E-state index contributed by atoms with van der Waals surface area (Å²) in [6.45, 7) is 8.21. The van der Waals surface area contributed by atoms with Crippen LogP contribution in [-0.2, 0) is 28.5 Å². The molecule has 306 valence electrons. The number of nitrogens with zero attached hydrogens (tertiary/aromatic N) is 2. The third-order valence-corrected chi connectivity index (χ3v) is 14.7. The van der Waals surface area contributed by atoms with Gasteiger partial charge in [0.25, 0.3) is 0 Å². The number of hydrogen-bond donors (Lipinski definition) is 0. The molecule has 0 unspecified atom stereocenters. The fraction of sp³-hybridized carbons (Fsp3) is 0.469. The molecular formula is C49H52N2O8. The molecule has 10 atom stereocenters. The van der Waals surface area contributed by atoms with E-state index in [0.29, 0.717) is 29.3 Å². The number of fused-ring (bicyclic) bond motifs is 2. The summed E-state index contributed by atoms with van der Waals surface area (Å²) in [5, 5.41) is 1.87. The zero-order valence-electron chi connectivity index (χ0n) is 34.2. The number of aromatic nitrogens is 2. The van der Waals surface area contributed by atoms with Gasteiger partial charge < -0.3 is 18.9 Å². The Bertz CT molecular complexity index is 2410. The number of pyridine rings is 2. The van der Waals surface area contributed by atoms with Crippen molar-refractivity contribution in [2.45, 2.75) is 103 Å². The number of allylic oxidation sites excluding steroid dienone is 1. The lowest BCUT2D eigenvalue weighted by Gasteiger charge is -2.52. The van der Waals surface area contributed by atoms with Gasteiger partial charge in [0.2, 0.25) is 0 Å². The zero-order chi connectivity index (χ0) is 41.1. The van der Waals surface area contributed by atoms with E-state index in [1.165, 1.54) is 0 Å². The van der Waals surface area contributed by atoms with E-state index in [-0.39, 0.29) is 53.7 Å². The lowest BCUT2D eigenvalue weighted by atomic mass is 9.49. The highest BCUT2D eigenvalue weighted by Crippen LogP contribution is 2.69. The van der Waals surface area contributed by atoms with Crippen LogP contribution in [0.4, 0.5) is 0 Å². The molecule has 2 aliphatic heterocycles. The van der Waals surface area contributed by atoms with Gasteiger partial charge in [-0.1, -0.05) is 80.8 Å². The molecule has 10 heteroatoms. The van der Waals surface area contributed by atoms with Crippen LogP contribution in [0, 0.1) is 35.0 Å². The molecule has 1 saturated heterocycles. The molecule has 5 aliphatic rings. The number of benzene rings is 2. The molecule has 4 heterocycles. The molecule has 10 nitrogen and oxygen atoms in total. The maximum Gasteiger partial charge on any atom is 0.357 e. The largest absolute Gasteiger partial charge is 0.458 e. The predicted octanol–water partition coefficient (Wildman–Crippen LogP) is 8.96. The second kappa shape index (κ2) is 15.4. The van der Waals surface area contributed by atoms with Crippen molar-refractivity contribution in [2.75, 3.05) is 6.61 Å². The van der Waals surface area contributed by atoms with Crippen molar-refractivity contribution in [3.05, 3.63) is 107 Å². The number of unbranched alkanes of at least 4 members (excludes halogenated alkanes) is 1. The van der Waals surface area contributed by atoms with Crippen LogP contribution in [0.3, 0.4) is 0 Å². The number of ketones is 1. The standard InChI is InChI=1S/C49H52N2O8/c1-5-6-13-36-34(26-44-49(59-44)43(23-22-42(52)48(36,49)4)58-47(55)40-21-19-31-12-8-10-15-38(31)51-40)33-17-16-32(25-33)29(3)41-24-28(2)35(45(53)57-41)27-56-46(54)39-20-18-30-11-7-9-14-37(30)50-39/h7-12,14-15,18-23,29,32-34,36,41,43-44H,5-6,13,16-17,24-27H2,1-4H3/t29-,32-,33+,34-,36-,41+,43-,44+,48-,49+/m0/s1. The second-order valence-corrected chi connectivity index (χ2v) is 17.8. The fourth-order valence-electron chi connectivity index (χ4n) is 11.3. The third kappa shape index (κ3) is 6.77. The first-order valence-corrected chi connectivity index (χ1v) is 21.4. The normalized spacial score (nSPS) is 31.7. The van der Waals surface area contributed by atoms with Gasteiger partial charge in [-0.15, -0.1) is 0 Å². The van der Waals surface area contributed by atoms with Gasteiger partial charge in [-0.3, -0.25) is 4.79 Å². The third-order valence-electron chi connectivity index (χ3n) is 14.7. The number of para-hydroxylation sites is 2. The Morgan fingerprint density at radius 1 is 0.898 bits per heavy atom. The number of ether oxygens (including phenoxy) is 4. The quantitative estimate of drug-likeness (QED) is 0.0823. The van der Waals surface area contributed by atoms with Crippen LogP contribution in [0.2, 0.25) is 0 Å². The van der Waals surface area contributed by atoms with Crippen LogP contribution in [0.25, 0.3) is 21.8 Å². The van der Waals surface area contributed by atoms with E-state index in [1.54, 1.807) is 24.3 Å². The van der Waals surface area contributed by atoms with Crippen LogP contribution in [0.15, 0.2) is 96.1 Å². The van der Waals surface area contributed by atoms with Crippen LogP contribution in [-0.4, -0.2) is 64.2 Å². The first-order valence-electron chi connectivity index (χ1n) is 21.4. The number of rotatable bonds is 11. The summed E-state index contributed by atoms with van der Waals surface area (Å²) in [5.41, 5.74) is 1.36. The van der Waals surface area contributed by atoms with Gasteiger partial charge in [-0.2, -0.15) is 0 Å². The van der Waals surface area contributed by atoms with Crippen LogP contribution >= 0.6 is 0 Å². The molecule has 9 rings (SSSR count). The van der Waals surface area contributed by atoms with Gasteiger partial charge in [0, 0.05) is 17.2 Å². The zero-order valence-corrected chi connectivity index (χ0v) is 34.2. The van der Waals surface area contributed by atoms with E-state index in [0.717, 1.165) is 66.8 Å². The molecule has 4 aromatic rings. The molecule has 2 aromatic carbocycles. The highest BCUT2D eigenvalue weighted by Gasteiger charge is 2.80. The topological polar surface area (TPSA) is 134 Å². The molecule has 0 N–H and O–H groups in total. The van der Waals surface area contributed by atoms with E-state index < -0.39 is 35.0 Å². The molecule has 3 fully saturated rings. The van der Waals surface area contributed by atoms with E-state index >= 15 is 0 Å². The summed E-state index contributed by atoms with van der Waals surface area (Å²) in [7, 11) is 0. The first kappa shape index (κ1) is 39.3. The van der Waals surface area contributed by atoms with Gasteiger partial charge in [0.1, 0.15) is 29.7 Å². The lowest BCUT2D eigenvalue weighted by molar-refractivity contribution is -0.150. The van der Waals surface area contributed by atoms with Crippen molar-refractivity contribution in [2.24, 2.45) is 35.0 Å². The van der Waals surface area contributed by atoms with Crippen molar-refractivity contribution in [1.29, 1.82) is 0 Å². The number of hydrogen-bond acceptors (Lipinski definition) is 10. The first-order chi connectivity index (χ1) is 28.5. The Morgan fingerprint density at radius 2 is 1.58 bits per heavy atom. The Morgan fingerprint density at radius 3 is 2.25 bits per heavy atom. The highest BCUT2D eigenvalue weighted by molar-refractivity contribution is 5.99. The fourth-order valence-corrected chi connectivity index (χ4v) is 11.3. The van der Waals surface area contributed by atoms with Crippen molar-refractivity contribution >= 4 is 45.5 Å². The number of esters is 3. The minimum Gasteiger partial charge on any atom is -0.458 e. The van der Waals surface area contributed by atoms with E-state index in [2.05, 4.69) is 30.7 Å². The molecular weight excluding hydrogens is 745 g/mol. The van der Waals surface area contributed by atoms with Gasteiger partial charge in [-0.05, 0) is 112 Å². The number of cyclic esters (lactones) is 1. The van der Waals surface area contributed by atoms with E-state index in [1.807, 2.05) is 67.6 Å². The molecule has 2 saturated carbocycles. The van der Waals surface area contributed by atoms with Crippen molar-refractivity contribution in [3.63, 3.8) is 0 Å². The van der Waals surface area contributed by atoms with E-state index in [9.17, 15) is 19.2 Å². The average Bonchev–Trinajstić information content (AvgIpc) is 3.78. The second-order valence-electron chi connectivity index (χ2n) is 17.8. The number of carbonyl (C=O) groups excluding carboxylic acids is 4. The summed E-state index contributed by atoms with van der Waals surface area (Å²) in [4.78, 5) is 63.2. The molecule has 1 spiro atoms. The van der Waals surface area contributed by atoms with Crippen molar-refractivity contribution in [3.8, 4) is 0 Å². The van der Waals surface area contributed by atoms with Gasteiger partial charge >= 0.3 is 17.9 Å². The summed E-state index contributed by atoms with van der Waals surface area (Å²) < 4.78 is 24.6. The summed E-state index contributed by atoms with van der Waals surface area (Å²) in [6.07, 6.45) is 9.53. The molecule has 2 aromatic heterocycles. The summed E-state index contributed by atoms with van der Waals surface area (Å²) in [5.74, 6) is -0.294. The SMILES string of the molecule is CCCC[C@H]1[C@H]([C@@H]2CC[C@H]([C@H](C)[C@H]3CC(C)=C(COC(=O)c4ccc5ccccc5n4)C(=O)O3)C2)C[C@H]2O[C@]23[C@@H](OC(=O)c2ccc4ccccc4n2)C=CC(=O)[C@]13C. The van der Waals surface area contributed by atoms with Gasteiger partial charge in [-0.25, -0.2) is 24.4 Å². The Balaban J connectivity index is 0.867. The number of epoxide rings is 1. The minimum atomic E-state index is -0.899. The molecule has 0 bridgehead atoms. The van der Waals surface area contributed by atoms with E-state index in [4.69, 9.17) is 18.9 Å². The molecule has 59 heavy (non-hydrogen) atoms. The van der Waals surface area contributed by atoms with Crippen LogP contribution in [0.1, 0.15) is 100 Å². The highest BCUT2D eigenvalue weighted by atomic mass is 16.7. The molecule has 0 radical (unpaired) electrons. The predicted molar refractivity (Wildman–Crippen MR) is 221 cm³/mol. The van der Waals surface area contributed by atoms with Gasteiger partial charge in [0.05, 0.1) is 28.1 Å². The van der Waals surface area contributed by atoms with Gasteiger partial charge in [0.15, 0.2) is 11.9 Å².